The third-order valence-corrected chi connectivity index (χ3v) is 2.73. The van der Waals surface area contributed by atoms with Crippen LogP contribution in [0.15, 0.2) is 36.8 Å². The summed E-state index contributed by atoms with van der Waals surface area (Å²) < 4.78 is 0. The average Bonchev–Trinajstić information content (AvgIpc) is 2.46. The normalized spacial score (nSPS) is 10.2. The predicted octanol–water partition coefficient (Wildman–Crippen LogP) is 0.835. The van der Waals surface area contributed by atoms with Crippen molar-refractivity contribution in [1.29, 1.82) is 5.41 Å². The molecule has 0 fully saturated rings. The molecule has 0 saturated carbocycles. The molecule has 6 heteroatoms. The standard InChI is InChI=1S/C13H16N6/c1-19(7-5-10-4-2-3-6-16-10)12-9-17-11(8-18-12)13(14)15/h2-4,6,8-9H,5,7H2,1H3,(H3,14,15). The lowest BCUT2D eigenvalue weighted by atomic mass is 10.2. The zero-order valence-electron chi connectivity index (χ0n) is 10.7. The zero-order valence-corrected chi connectivity index (χ0v) is 10.7. The molecule has 2 aromatic rings. The number of aromatic nitrogens is 3. The first-order valence-electron chi connectivity index (χ1n) is 5.94. The summed E-state index contributed by atoms with van der Waals surface area (Å²) in [6.45, 7) is 0.797. The highest BCUT2D eigenvalue weighted by molar-refractivity contribution is 5.92. The van der Waals surface area contributed by atoms with Gasteiger partial charge in [-0.2, -0.15) is 0 Å². The summed E-state index contributed by atoms with van der Waals surface area (Å²) in [7, 11) is 1.94. The number of hydrogen-bond acceptors (Lipinski definition) is 5. The molecule has 0 aromatic carbocycles. The number of pyridine rings is 1. The van der Waals surface area contributed by atoms with Crippen molar-refractivity contribution in [2.24, 2.45) is 5.73 Å². The third kappa shape index (κ3) is 3.48. The van der Waals surface area contributed by atoms with Gasteiger partial charge in [0.2, 0.25) is 0 Å². The highest BCUT2D eigenvalue weighted by atomic mass is 15.2. The number of anilines is 1. The van der Waals surface area contributed by atoms with Crippen LogP contribution >= 0.6 is 0 Å². The zero-order chi connectivity index (χ0) is 13.7. The molecule has 3 N–H and O–H groups in total. The largest absolute Gasteiger partial charge is 0.382 e. The number of nitrogen functional groups attached to an aromatic ring is 1. The van der Waals surface area contributed by atoms with E-state index in [-0.39, 0.29) is 5.84 Å². The van der Waals surface area contributed by atoms with E-state index in [1.165, 1.54) is 6.20 Å². The van der Waals surface area contributed by atoms with Crippen molar-refractivity contribution in [3.63, 3.8) is 0 Å². The third-order valence-electron chi connectivity index (χ3n) is 2.73. The van der Waals surface area contributed by atoms with Gasteiger partial charge in [-0.05, 0) is 12.1 Å². The molecule has 0 radical (unpaired) electrons. The summed E-state index contributed by atoms with van der Waals surface area (Å²) in [5, 5.41) is 7.26. The Balaban J connectivity index is 1.96. The fraction of sp³-hybridized carbons (Fsp3) is 0.231. The van der Waals surface area contributed by atoms with Crippen molar-refractivity contribution >= 4 is 11.7 Å². The van der Waals surface area contributed by atoms with Crippen molar-refractivity contribution in [2.45, 2.75) is 6.42 Å². The van der Waals surface area contributed by atoms with Gasteiger partial charge in [-0.3, -0.25) is 10.4 Å². The number of nitrogens with one attached hydrogen (secondary N) is 1. The van der Waals surface area contributed by atoms with Gasteiger partial charge in [-0.25, -0.2) is 9.97 Å². The average molecular weight is 256 g/mol. The summed E-state index contributed by atoms with van der Waals surface area (Å²) >= 11 is 0. The molecule has 0 bridgehead atoms. The Bertz CT molecular complexity index is 537. The lowest BCUT2D eigenvalue weighted by molar-refractivity contribution is 0.834. The van der Waals surface area contributed by atoms with Crippen LogP contribution in [0.3, 0.4) is 0 Å². The lowest BCUT2D eigenvalue weighted by Crippen LogP contribution is -2.22. The monoisotopic (exact) mass is 256 g/mol. The molecule has 6 nitrogen and oxygen atoms in total. The Morgan fingerprint density at radius 2 is 2.11 bits per heavy atom. The Morgan fingerprint density at radius 3 is 2.68 bits per heavy atom. The maximum Gasteiger partial charge on any atom is 0.146 e. The minimum Gasteiger partial charge on any atom is -0.382 e. The van der Waals surface area contributed by atoms with Crippen LogP contribution in [0.2, 0.25) is 0 Å². The lowest BCUT2D eigenvalue weighted by Gasteiger charge is -2.17. The van der Waals surface area contributed by atoms with Gasteiger partial charge in [0.1, 0.15) is 17.3 Å². The van der Waals surface area contributed by atoms with Crippen molar-refractivity contribution in [1.82, 2.24) is 15.0 Å². The molecule has 0 aliphatic carbocycles. The van der Waals surface area contributed by atoms with Gasteiger partial charge < -0.3 is 10.6 Å². The first-order valence-corrected chi connectivity index (χ1v) is 5.94. The van der Waals surface area contributed by atoms with Crippen molar-refractivity contribution in [3.05, 3.63) is 48.2 Å². The van der Waals surface area contributed by atoms with Crippen molar-refractivity contribution in [2.75, 3.05) is 18.5 Å². The topological polar surface area (TPSA) is 91.8 Å². The van der Waals surface area contributed by atoms with Gasteiger partial charge >= 0.3 is 0 Å². The molecule has 2 aromatic heterocycles. The van der Waals surface area contributed by atoms with E-state index in [0.29, 0.717) is 5.69 Å². The summed E-state index contributed by atoms with van der Waals surface area (Å²) in [5.41, 5.74) is 6.77. The number of hydrogen-bond donors (Lipinski definition) is 2. The van der Waals surface area contributed by atoms with Crippen LogP contribution in [-0.2, 0) is 6.42 Å². The minimum atomic E-state index is -0.0739. The van der Waals surface area contributed by atoms with Crippen LogP contribution in [0.4, 0.5) is 5.82 Å². The van der Waals surface area contributed by atoms with E-state index in [2.05, 4.69) is 15.0 Å². The van der Waals surface area contributed by atoms with Crippen LogP contribution < -0.4 is 10.6 Å². The van der Waals surface area contributed by atoms with Crippen LogP contribution in [0, 0.1) is 5.41 Å². The number of amidine groups is 1. The molecule has 0 spiro atoms. The molecule has 0 aliphatic heterocycles. The van der Waals surface area contributed by atoms with Crippen LogP contribution in [0.25, 0.3) is 0 Å². The molecule has 0 aliphatic rings. The summed E-state index contributed by atoms with van der Waals surface area (Å²) in [6, 6.07) is 5.88. The Labute approximate surface area is 111 Å². The van der Waals surface area contributed by atoms with E-state index in [4.69, 9.17) is 11.1 Å². The number of nitrogens with zero attached hydrogens (tertiary/aromatic N) is 4. The fourth-order valence-electron chi connectivity index (χ4n) is 1.60. The molecule has 2 heterocycles. The van der Waals surface area contributed by atoms with E-state index >= 15 is 0 Å². The predicted molar refractivity (Wildman–Crippen MR) is 74.3 cm³/mol. The molecule has 2 rings (SSSR count). The quantitative estimate of drug-likeness (QED) is 0.611. The van der Waals surface area contributed by atoms with Gasteiger partial charge in [0, 0.05) is 31.9 Å². The number of nitrogens with two attached hydrogens (primary N) is 1. The van der Waals surface area contributed by atoms with Crippen molar-refractivity contribution in [3.8, 4) is 0 Å². The number of rotatable bonds is 5. The van der Waals surface area contributed by atoms with Crippen LogP contribution in [0.5, 0.6) is 0 Å². The van der Waals surface area contributed by atoms with Gasteiger partial charge in [0.05, 0.1) is 12.4 Å². The van der Waals surface area contributed by atoms with Crippen LogP contribution in [0.1, 0.15) is 11.4 Å². The molecular weight excluding hydrogens is 240 g/mol. The van der Waals surface area contributed by atoms with Gasteiger partial charge in [0.15, 0.2) is 0 Å². The second-order valence-corrected chi connectivity index (χ2v) is 4.17. The van der Waals surface area contributed by atoms with E-state index in [0.717, 1.165) is 24.5 Å². The summed E-state index contributed by atoms with van der Waals surface area (Å²) in [6.07, 6.45) is 5.76. The van der Waals surface area contributed by atoms with E-state index in [1.54, 1.807) is 12.4 Å². The summed E-state index contributed by atoms with van der Waals surface area (Å²) in [4.78, 5) is 14.6. The number of likely N-dealkylation sites (N-methyl/N-ethyl adjacent to an activating group) is 1. The highest BCUT2D eigenvalue weighted by Gasteiger charge is 2.05. The van der Waals surface area contributed by atoms with E-state index < -0.39 is 0 Å². The molecular formula is C13H16N6. The molecule has 19 heavy (non-hydrogen) atoms. The van der Waals surface area contributed by atoms with E-state index in [1.807, 2.05) is 30.1 Å². The maximum atomic E-state index is 7.26. The molecule has 98 valence electrons. The molecule has 0 atom stereocenters. The molecule has 0 saturated heterocycles. The molecule has 0 amide bonds. The fourth-order valence-corrected chi connectivity index (χ4v) is 1.60. The summed E-state index contributed by atoms with van der Waals surface area (Å²) in [5.74, 6) is 0.677. The Morgan fingerprint density at radius 1 is 1.26 bits per heavy atom. The minimum absolute atomic E-state index is 0.0739. The van der Waals surface area contributed by atoms with Gasteiger partial charge in [-0.1, -0.05) is 6.07 Å². The smallest absolute Gasteiger partial charge is 0.146 e. The van der Waals surface area contributed by atoms with Crippen LogP contribution in [-0.4, -0.2) is 34.4 Å². The van der Waals surface area contributed by atoms with Crippen molar-refractivity contribution < 1.29 is 0 Å². The second kappa shape index (κ2) is 5.90. The molecule has 0 unspecified atom stereocenters. The van der Waals surface area contributed by atoms with E-state index in [9.17, 15) is 0 Å². The highest BCUT2D eigenvalue weighted by Crippen LogP contribution is 2.07. The second-order valence-electron chi connectivity index (χ2n) is 4.17. The SMILES string of the molecule is CN(CCc1ccccn1)c1cnc(C(=N)N)cn1. The Kier molecular flexibility index (Phi) is 4.02. The maximum absolute atomic E-state index is 7.26. The van der Waals surface area contributed by atoms with Gasteiger partial charge in [-0.15, -0.1) is 0 Å². The first-order chi connectivity index (χ1) is 9.16. The first kappa shape index (κ1) is 12.9. The van der Waals surface area contributed by atoms with Gasteiger partial charge in [0.25, 0.3) is 0 Å². The Hall–Kier alpha value is -2.50.